The highest BCUT2D eigenvalue weighted by atomic mass is 16.1. The molecule has 1 heterocycles. The van der Waals surface area contributed by atoms with Gasteiger partial charge in [0.05, 0.1) is 17.6 Å². The third kappa shape index (κ3) is 4.47. The van der Waals surface area contributed by atoms with Crippen molar-refractivity contribution in [3.05, 3.63) is 47.9 Å². The number of carbonyl (C=O) groups excluding carboxylic acids is 1. The first-order chi connectivity index (χ1) is 11.2. The molecule has 0 N–H and O–H groups in total. The van der Waals surface area contributed by atoms with Crippen molar-refractivity contribution in [3.63, 3.8) is 0 Å². The summed E-state index contributed by atoms with van der Waals surface area (Å²) in [6.07, 6.45) is 8.78. The van der Waals surface area contributed by atoms with Gasteiger partial charge in [0.25, 0.3) is 0 Å². The second-order valence-electron chi connectivity index (χ2n) is 6.10. The van der Waals surface area contributed by atoms with Crippen molar-refractivity contribution in [2.24, 2.45) is 5.92 Å². The summed E-state index contributed by atoms with van der Waals surface area (Å²) in [5.74, 6) is 0.234. The van der Waals surface area contributed by atoms with E-state index in [2.05, 4.69) is 23.8 Å². The van der Waals surface area contributed by atoms with Crippen LogP contribution in [0.1, 0.15) is 62.5 Å². The maximum absolute atomic E-state index is 12.7. The number of Topliss-reactive ketones (excluding diaryl/α,β-unsaturated/α-hetero) is 1. The lowest BCUT2D eigenvalue weighted by atomic mass is 9.91. The molecule has 2 rings (SSSR count). The summed E-state index contributed by atoms with van der Waals surface area (Å²) in [6.45, 7) is 6.28. The average Bonchev–Trinajstić information content (AvgIpc) is 2.60. The first-order valence-electron chi connectivity index (χ1n) is 8.61. The Kier molecular flexibility index (Phi) is 6.45. The zero-order valence-corrected chi connectivity index (χ0v) is 14.4. The molecule has 0 spiro atoms. The van der Waals surface area contributed by atoms with Gasteiger partial charge in [-0.3, -0.25) is 14.8 Å². The third-order valence-corrected chi connectivity index (χ3v) is 4.13. The third-order valence-electron chi connectivity index (χ3n) is 4.13. The van der Waals surface area contributed by atoms with E-state index in [0.29, 0.717) is 0 Å². The molecule has 3 heteroatoms. The van der Waals surface area contributed by atoms with Crippen LogP contribution in [0.4, 0.5) is 0 Å². The number of hydrogen-bond acceptors (Lipinski definition) is 3. The fourth-order valence-electron chi connectivity index (χ4n) is 2.73. The zero-order chi connectivity index (χ0) is 16.7. The molecule has 2 aromatic rings. The number of rotatable bonds is 8. The van der Waals surface area contributed by atoms with E-state index in [9.17, 15) is 4.79 Å². The standard InChI is InChI=1S/C20H26N2O/c1-4-6-10-16-13-22-19(14-21-16)17-11-7-8-12-18(17)20(23)15(3)9-5-2/h7-8,11-15H,4-6,9-10H2,1-3H3. The summed E-state index contributed by atoms with van der Waals surface area (Å²) < 4.78 is 0. The van der Waals surface area contributed by atoms with Crippen LogP contribution in [0.3, 0.4) is 0 Å². The van der Waals surface area contributed by atoms with Crippen LogP contribution in [0.5, 0.6) is 0 Å². The lowest BCUT2D eigenvalue weighted by Crippen LogP contribution is -2.12. The van der Waals surface area contributed by atoms with Crippen LogP contribution in [-0.4, -0.2) is 15.8 Å². The first-order valence-corrected chi connectivity index (χ1v) is 8.61. The summed E-state index contributed by atoms with van der Waals surface area (Å²) in [5.41, 5.74) is 3.43. The summed E-state index contributed by atoms with van der Waals surface area (Å²) in [6, 6.07) is 7.72. The fourth-order valence-corrected chi connectivity index (χ4v) is 2.73. The van der Waals surface area contributed by atoms with E-state index in [4.69, 9.17) is 0 Å². The predicted octanol–water partition coefficient (Wildman–Crippen LogP) is 5.11. The lowest BCUT2D eigenvalue weighted by molar-refractivity contribution is 0.0924. The molecule has 0 fully saturated rings. The van der Waals surface area contributed by atoms with Gasteiger partial charge in [0.2, 0.25) is 0 Å². The molecule has 1 unspecified atom stereocenters. The molecular weight excluding hydrogens is 284 g/mol. The molecule has 1 aromatic heterocycles. The monoisotopic (exact) mass is 310 g/mol. The largest absolute Gasteiger partial charge is 0.294 e. The van der Waals surface area contributed by atoms with Crippen molar-refractivity contribution >= 4 is 5.78 Å². The number of nitrogens with zero attached hydrogens (tertiary/aromatic N) is 2. The Morgan fingerprint density at radius 2 is 1.87 bits per heavy atom. The lowest BCUT2D eigenvalue weighted by Gasteiger charge is -2.13. The SMILES string of the molecule is CCCCc1cnc(-c2ccccc2C(=O)C(C)CCC)cn1. The van der Waals surface area contributed by atoms with Crippen molar-refractivity contribution in [2.45, 2.75) is 52.9 Å². The van der Waals surface area contributed by atoms with Gasteiger partial charge in [0.1, 0.15) is 0 Å². The van der Waals surface area contributed by atoms with Crippen molar-refractivity contribution in [1.29, 1.82) is 0 Å². The van der Waals surface area contributed by atoms with E-state index < -0.39 is 0 Å². The van der Waals surface area contributed by atoms with Gasteiger partial charge < -0.3 is 0 Å². The van der Waals surface area contributed by atoms with Gasteiger partial charge in [-0.15, -0.1) is 0 Å². The van der Waals surface area contributed by atoms with Crippen LogP contribution in [0.15, 0.2) is 36.7 Å². The van der Waals surface area contributed by atoms with Crippen LogP contribution < -0.4 is 0 Å². The van der Waals surface area contributed by atoms with Crippen LogP contribution in [0.2, 0.25) is 0 Å². The average molecular weight is 310 g/mol. The molecule has 0 saturated heterocycles. The van der Waals surface area contributed by atoms with Crippen molar-refractivity contribution < 1.29 is 4.79 Å². The van der Waals surface area contributed by atoms with Crippen LogP contribution in [-0.2, 0) is 6.42 Å². The Hall–Kier alpha value is -2.03. The summed E-state index contributed by atoms with van der Waals surface area (Å²) in [5, 5.41) is 0. The van der Waals surface area contributed by atoms with E-state index in [1.807, 2.05) is 37.4 Å². The highest BCUT2D eigenvalue weighted by Gasteiger charge is 2.18. The Morgan fingerprint density at radius 1 is 1.09 bits per heavy atom. The minimum Gasteiger partial charge on any atom is -0.294 e. The highest BCUT2D eigenvalue weighted by Crippen LogP contribution is 2.25. The second-order valence-corrected chi connectivity index (χ2v) is 6.10. The van der Waals surface area contributed by atoms with E-state index in [1.165, 1.54) is 0 Å². The van der Waals surface area contributed by atoms with Gasteiger partial charge in [-0.05, 0) is 19.3 Å². The molecule has 0 radical (unpaired) electrons. The molecule has 0 saturated carbocycles. The first kappa shape index (κ1) is 17.3. The van der Waals surface area contributed by atoms with Gasteiger partial charge in [-0.25, -0.2) is 0 Å². The minimum absolute atomic E-state index is 0.0398. The molecule has 23 heavy (non-hydrogen) atoms. The second kappa shape index (κ2) is 8.56. The molecule has 122 valence electrons. The van der Waals surface area contributed by atoms with Gasteiger partial charge in [0, 0.05) is 23.2 Å². The van der Waals surface area contributed by atoms with Crippen LogP contribution >= 0.6 is 0 Å². The number of hydrogen-bond donors (Lipinski definition) is 0. The Morgan fingerprint density at radius 3 is 2.52 bits per heavy atom. The number of carbonyl (C=O) groups is 1. The maximum atomic E-state index is 12.7. The highest BCUT2D eigenvalue weighted by molar-refractivity contribution is 6.03. The van der Waals surface area contributed by atoms with Crippen molar-refractivity contribution in [3.8, 4) is 11.3 Å². The van der Waals surface area contributed by atoms with E-state index in [0.717, 1.165) is 54.6 Å². The zero-order valence-electron chi connectivity index (χ0n) is 14.4. The molecule has 1 aromatic carbocycles. The normalized spacial score (nSPS) is 12.1. The molecule has 0 aliphatic rings. The van der Waals surface area contributed by atoms with Crippen LogP contribution in [0, 0.1) is 5.92 Å². The van der Waals surface area contributed by atoms with Gasteiger partial charge >= 0.3 is 0 Å². The molecule has 1 atom stereocenters. The topological polar surface area (TPSA) is 42.9 Å². The minimum atomic E-state index is 0.0398. The number of aromatic nitrogens is 2. The van der Waals surface area contributed by atoms with Crippen molar-refractivity contribution in [1.82, 2.24) is 9.97 Å². The van der Waals surface area contributed by atoms with Gasteiger partial charge in [-0.1, -0.05) is 57.9 Å². The Labute approximate surface area is 139 Å². The summed E-state index contributed by atoms with van der Waals surface area (Å²) >= 11 is 0. The van der Waals surface area contributed by atoms with Crippen LogP contribution in [0.25, 0.3) is 11.3 Å². The maximum Gasteiger partial charge on any atom is 0.166 e. The van der Waals surface area contributed by atoms with Gasteiger partial charge in [-0.2, -0.15) is 0 Å². The molecule has 0 amide bonds. The van der Waals surface area contributed by atoms with E-state index in [-0.39, 0.29) is 11.7 Å². The van der Waals surface area contributed by atoms with Gasteiger partial charge in [0.15, 0.2) is 5.78 Å². The number of benzene rings is 1. The summed E-state index contributed by atoms with van der Waals surface area (Å²) in [4.78, 5) is 21.7. The Balaban J connectivity index is 2.28. The van der Waals surface area contributed by atoms with E-state index >= 15 is 0 Å². The molecule has 3 nitrogen and oxygen atoms in total. The molecule has 0 bridgehead atoms. The predicted molar refractivity (Wildman–Crippen MR) is 94.5 cm³/mol. The van der Waals surface area contributed by atoms with Crippen molar-refractivity contribution in [2.75, 3.05) is 0 Å². The molecular formula is C20H26N2O. The molecule has 0 aliphatic carbocycles. The number of unbranched alkanes of at least 4 members (excludes halogenated alkanes) is 1. The van der Waals surface area contributed by atoms with E-state index in [1.54, 1.807) is 6.20 Å². The fraction of sp³-hybridized carbons (Fsp3) is 0.450. The number of aryl methyl sites for hydroxylation is 1. The summed E-state index contributed by atoms with van der Waals surface area (Å²) in [7, 11) is 0. The smallest absolute Gasteiger partial charge is 0.166 e. The quantitative estimate of drug-likeness (QED) is 0.637. The molecule has 0 aliphatic heterocycles. The number of ketones is 1. The Bertz CT molecular complexity index is 634.